The second-order valence-electron chi connectivity index (χ2n) is 7.89. The number of rotatable bonds is 2. The summed E-state index contributed by atoms with van der Waals surface area (Å²) in [6, 6.07) is 4.07. The number of fused-ring (bicyclic) bond motifs is 2. The maximum Gasteiger partial charge on any atom is 0.181 e. The van der Waals surface area contributed by atoms with Gasteiger partial charge in [-0.2, -0.15) is 5.10 Å². The van der Waals surface area contributed by atoms with Gasteiger partial charge in [0.1, 0.15) is 4.83 Å². The lowest BCUT2D eigenvalue weighted by Gasteiger charge is -2.43. The Balaban J connectivity index is 1.40. The first-order chi connectivity index (χ1) is 12.5. The molecule has 1 N–H and O–H groups in total. The van der Waals surface area contributed by atoms with Crippen LogP contribution in [-0.2, 0) is 12.6 Å². The van der Waals surface area contributed by atoms with Crippen LogP contribution in [0.4, 0.5) is 0 Å². The summed E-state index contributed by atoms with van der Waals surface area (Å²) in [4.78, 5) is 15.6. The fraction of sp³-hybridized carbons (Fsp3) is 0.368. The summed E-state index contributed by atoms with van der Waals surface area (Å²) in [5.41, 5.74) is 1.39. The van der Waals surface area contributed by atoms with E-state index >= 15 is 0 Å². The molecule has 0 aromatic carbocycles. The molecule has 0 amide bonds. The Kier molecular flexibility index (Phi) is 2.65. The minimum atomic E-state index is -0.655. The molecule has 0 aliphatic heterocycles. The van der Waals surface area contributed by atoms with Gasteiger partial charge in [-0.3, -0.25) is 4.68 Å². The van der Waals surface area contributed by atoms with Crippen molar-refractivity contribution in [1.82, 2.24) is 24.7 Å². The Morgan fingerprint density at radius 3 is 2.77 bits per heavy atom. The summed E-state index contributed by atoms with van der Waals surface area (Å²) >= 11 is 1.59. The van der Waals surface area contributed by atoms with Crippen molar-refractivity contribution in [2.24, 2.45) is 12.5 Å². The lowest BCUT2D eigenvalue weighted by molar-refractivity contribution is -0.0887. The van der Waals surface area contributed by atoms with Gasteiger partial charge in [-0.05, 0) is 43.2 Å². The van der Waals surface area contributed by atoms with Gasteiger partial charge in [-0.25, -0.2) is 15.0 Å². The smallest absolute Gasteiger partial charge is 0.181 e. The maximum absolute atomic E-state index is 10.9. The number of aliphatic hydroxyl groups is 1. The van der Waals surface area contributed by atoms with E-state index in [0.29, 0.717) is 11.2 Å². The van der Waals surface area contributed by atoms with E-state index in [4.69, 9.17) is 4.98 Å². The Bertz CT molecular complexity index is 1180. The van der Waals surface area contributed by atoms with E-state index in [0.717, 1.165) is 44.5 Å². The number of hydrogen-bond donors (Lipinski definition) is 1. The molecule has 2 aliphatic carbocycles. The van der Waals surface area contributed by atoms with Crippen LogP contribution in [0.1, 0.15) is 30.6 Å². The van der Waals surface area contributed by atoms with Crippen LogP contribution in [0.3, 0.4) is 0 Å². The highest BCUT2D eigenvalue weighted by molar-refractivity contribution is 7.18. The van der Waals surface area contributed by atoms with E-state index < -0.39 is 5.60 Å². The van der Waals surface area contributed by atoms with E-state index in [-0.39, 0.29) is 0 Å². The molecule has 26 heavy (non-hydrogen) atoms. The molecule has 130 valence electrons. The lowest BCUT2D eigenvalue weighted by atomic mass is 9.67. The summed E-state index contributed by atoms with van der Waals surface area (Å²) in [5.74, 6) is 0.656. The van der Waals surface area contributed by atoms with Crippen LogP contribution in [0.25, 0.3) is 32.6 Å². The topological polar surface area (TPSA) is 76.7 Å². The molecule has 4 aromatic heterocycles. The maximum atomic E-state index is 10.9. The Morgan fingerprint density at radius 1 is 1.12 bits per heavy atom. The monoisotopic (exact) mass is 363 g/mol. The van der Waals surface area contributed by atoms with Crippen LogP contribution < -0.4 is 0 Å². The molecule has 0 unspecified atom stereocenters. The molecule has 4 heterocycles. The second kappa shape index (κ2) is 4.66. The quantitative estimate of drug-likeness (QED) is 0.591. The van der Waals surface area contributed by atoms with Crippen LogP contribution >= 0.6 is 11.3 Å². The number of hydrogen-bond acceptors (Lipinski definition) is 6. The van der Waals surface area contributed by atoms with Crippen molar-refractivity contribution in [3.63, 3.8) is 0 Å². The third-order valence-corrected chi connectivity index (χ3v) is 6.99. The zero-order valence-corrected chi connectivity index (χ0v) is 15.1. The Labute approximate surface area is 153 Å². The average molecular weight is 363 g/mol. The van der Waals surface area contributed by atoms with E-state index in [1.165, 1.54) is 12.8 Å². The van der Waals surface area contributed by atoms with Gasteiger partial charge in [-0.1, -0.05) is 0 Å². The first-order valence-electron chi connectivity index (χ1n) is 8.81. The number of aromatic nitrogens is 5. The summed E-state index contributed by atoms with van der Waals surface area (Å²) < 4.78 is 1.75. The molecule has 2 aliphatic rings. The molecular formula is C19H17N5OS. The van der Waals surface area contributed by atoms with E-state index in [1.807, 2.05) is 25.5 Å². The first-order valence-corrected chi connectivity index (χ1v) is 9.63. The van der Waals surface area contributed by atoms with Gasteiger partial charge < -0.3 is 5.11 Å². The lowest BCUT2D eigenvalue weighted by Crippen LogP contribution is -2.41. The SMILES string of the molecule is Cn1cc2cc(-c3ncc4cc(C5(O)CC6(CC6)C5)sc4n3)cnc2n1. The van der Waals surface area contributed by atoms with Crippen LogP contribution in [0, 0.1) is 5.41 Å². The average Bonchev–Trinajstić information content (AvgIpc) is 3.09. The zero-order valence-electron chi connectivity index (χ0n) is 14.3. The standard InChI is InChI=1S/C19H17N5OS/c1-24-8-13-4-11(6-21-16(13)23-24)15-20-7-12-5-14(26-17(12)22-15)19(25)9-18(10-19)2-3-18/h4-8,25H,2-3,9-10H2,1H3. The van der Waals surface area contributed by atoms with Crippen molar-refractivity contribution in [1.29, 1.82) is 0 Å². The first kappa shape index (κ1) is 14.8. The van der Waals surface area contributed by atoms with E-state index in [9.17, 15) is 5.11 Å². The summed E-state index contributed by atoms with van der Waals surface area (Å²) in [5, 5.41) is 17.2. The van der Waals surface area contributed by atoms with Gasteiger partial charge in [0, 0.05) is 46.9 Å². The predicted molar refractivity (Wildman–Crippen MR) is 99.7 cm³/mol. The highest BCUT2D eigenvalue weighted by Gasteiger charge is 2.61. The predicted octanol–water partition coefficient (Wildman–Crippen LogP) is 3.40. The van der Waals surface area contributed by atoms with Crippen LogP contribution in [0.5, 0.6) is 0 Å². The van der Waals surface area contributed by atoms with Gasteiger partial charge in [0.15, 0.2) is 11.5 Å². The van der Waals surface area contributed by atoms with E-state index in [1.54, 1.807) is 22.2 Å². The van der Waals surface area contributed by atoms with Gasteiger partial charge >= 0.3 is 0 Å². The van der Waals surface area contributed by atoms with Crippen molar-refractivity contribution in [2.45, 2.75) is 31.3 Å². The fourth-order valence-corrected chi connectivity index (χ4v) is 5.34. The number of pyridine rings is 1. The van der Waals surface area contributed by atoms with Crippen molar-refractivity contribution < 1.29 is 5.11 Å². The molecule has 0 bridgehead atoms. The minimum Gasteiger partial charge on any atom is -0.384 e. The normalized spacial score (nSPS) is 19.9. The molecule has 6 rings (SSSR count). The van der Waals surface area contributed by atoms with Gasteiger partial charge in [0.2, 0.25) is 0 Å². The zero-order chi connectivity index (χ0) is 17.5. The molecule has 0 atom stereocenters. The van der Waals surface area contributed by atoms with Crippen LogP contribution in [0.15, 0.2) is 30.7 Å². The molecule has 4 aromatic rings. The summed E-state index contributed by atoms with van der Waals surface area (Å²) in [7, 11) is 1.88. The van der Waals surface area contributed by atoms with Crippen molar-refractivity contribution in [2.75, 3.05) is 0 Å². The Hall–Kier alpha value is -2.38. The minimum absolute atomic E-state index is 0.451. The molecule has 6 nitrogen and oxygen atoms in total. The second-order valence-corrected chi connectivity index (χ2v) is 8.92. The van der Waals surface area contributed by atoms with Gasteiger partial charge in [0.05, 0.1) is 5.60 Å². The molecule has 0 radical (unpaired) electrons. The van der Waals surface area contributed by atoms with Gasteiger partial charge in [0.25, 0.3) is 0 Å². The highest BCUT2D eigenvalue weighted by Crippen LogP contribution is 2.68. The number of nitrogens with zero attached hydrogens (tertiary/aromatic N) is 5. The van der Waals surface area contributed by atoms with Gasteiger partial charge in [-0.15, -0.1) is 11.3 Å². The third kappa shape index (κ3) is 2.07. The summed E-state index contributed by atoms with van der Waals surface area (Å²) in [6.45, 7) is 0. The highest BCUT2D eigenvalue weighted by atomic mass is 32.1. The van der Waals surface area contributed by atoms with Crippen molar-refractivity contribution in [3.8, 4) is 11.4 Å². The Morgan fingerprint density at radius 2 is 1.96 bits per heavy atom. The van der Waals surface area contributed by atoms with E-state index in [2.05, 4.69) is 21.1 Å². The molecule has 0 saturated heterocycles. The van der Waals surface area contributed by atoms with Crippen LogP contribution in [0.2, 0.25) is 0 Å². The third-order valence-electron chi connectivity index (χ3n) is 5.76. The molecule has 2 saturated carbocycles. The molecular weight excluding hydrogens is 346 g/mol. The molecule has 1 spiro atoms. The number of thiophene rings is 1. The molecule has 2 fully saturated rings. The van der Waals surface area contributed by atoms with Crippen molar-refractivity contribution in [3.05, 3.63) is 35.6 Å². The van der Waals surface area contributed by atoms with Crippen molar-refractivity contribution >= 4 is 32.6 Å². The number of aryl methyl sites for hydroxylation is 1. The molecule has 7 heteroatoms. The largest absolute Gasteiger partial charge is 0.384 e. The van der Waals surface area contributed by atoms with Crippen LogP contribution in [-0.4, -0.2) is 29.8 Å². The summed E-state index contributed by atoms with van der Waals surface area (Å²) in [6.07, 6.45) is 9.89. The fourth-order valence-electron chi connectivity index (χ4n) is 4.25.